The summed E-state index contributed by atoms with van der Waals surface area (Å²) in [5.74, 6) is 0.634. The lowest BCUT2D eigenvalue weighted by atomic mass is 10.1. The van der Waals surface area contributed by atoms with E-state index < -0.39 is 0 Å². The van der Waals surface area contributed by atoms with E-state index in [0.717, 1.165) is 13.1 Å². The summed E-state index contributed by atoms with van der Waals surface area (Å²) in [6, 6.07) is 0. The Bertz CT molecular complexity index is 194. The van der Waals surface area contributed by atoms with Crippen molar-refractivity contribution in [3.63, 3.8) is 0 Å². The van der Waals surface area contributed by atoms with Crippen LogP contribution in [0.1, 0.15) is 13.8 Å². The van der Waals surface area contributed by atoms with Gasteiger partial charge in [-0.25, -0.2) is 0 Å². The van der Waals surface area contributed by atoms with Crippen LogP contribution in [0.25, 0.3) is 0 Å². The number of rotatable bonds is 2. The Balaban J connectivity index is 2.72. The van der Waals surface area contributed by atoms with E-state index in [2.05, 4.69) is 30.3 Å². The number of aliphatic imine (C=N–C) groups is 1. The number of nitrogens with two attached hydrogens (primary N) is 1. The van der Waals surface area contributed by atoms with Crippen molar-refractivity contribution in [3.05, 3.63) is 12.7 Å². The highest BCUT2D eigenvalue weighted by Crippen LogP contribution is 2.19. The fourth-order valence-corrected chi connectivity index (χ4v) is 1.23. The van der Waals surface area contributed by atoms with Gasteiger partial charge in [0.05, 0.1) is 12.1 Å². The zero-order valence-electron chi connectivity index (χ0n) is 7.17. The summed E-state index contributed by atoms with van der Waals surface area (Å²) in [7, 11) is 0. The van der Waals surface area contributed by atoms with Crippen LogP contribution in [0.3, 0.4) is 0 Å². The van der Waals surface area contributed by atoms with Gasteiger partial charge in [0.2, 0.25) is 0 Å². The minimum atomic E-state index is 0.0677. The molecule has 0 spiro atoms. The van der Waals surface area contributed by atoms with Crippen molar-refractivity contribution >= 4 is 5.96 Å². The van der Waals surface area contributed by atoms with Gasteiger partial charge in [-0.2, -0.15) is 0 Å². The van der Waals surface area contributed by atoms with Gasteiger partial charge in [0.15, 0.2) is 5.96 Å². The molecule has 0 saturated heterocycles. The van der Waals surface area contributed by atoms with Crippen LogP contribution in [-0.4, -0.2) is 29.5 Å². The minimum Gasteiger partial charge on any atom is -0.370 e. The van der Waals surface area contributed by atoms with E-state index in [9.17, 15) is 0 Å². The van der Waals surface area contributed by atoms with E-state index >= 15 is 0 Å². The largest absolute Gasteiger partial charge is 0.370 e. The second kappa shape index (κ2) is 2.57. The lowest BCUT2D eigenvalue weighted by Crippen LogP contribution is -2.47. The van der Waals surface area contributed by atoms with Gasteiger partial charge in [-0.3, -0.25) is 4.99 Å². The topological polar surface area (TPSA) is 41.6 Å². The van der Waals surface area contributed by atoms with Crippen LogP contribution < -0.4 is 5.73 Å². The summed E-state index contributed by atoms with van der Waals surface area (Å²) < 4.78 is 0. The molecule has 11 heavy (non-hydrogen) atoms. The van der Waals surface area contributed by atoms with Crippen LogP contribution in [0.2, 0.25) is 0 Å². The smallest absolute Gasteiger partial charge is 0.192 e. The van der Waals surface area contributed by atoms with Crippen molar-refractivity contribution in [2.75, 3.05) is 13.1 Å². The Kier molecular flexibility index (Phi) is 1.89. The number of hydrogen-bond donors (Lipinski definition) is 1. The van der Waals surface area contributed by atoms with Gasteiger partial charge in [-0.1, -0.05) is 6.08 Å². The zero-order valence-corrected chi connectivity index (χ0v) is 7.17. The molecule has 2 N–H and O–H groups in total. The summed E-state index contributed by atoms with van der Waals surface area (Å²) in [4.78, 5) is 6.22. The molecular formula is C8H15N3. The number of nitrogens with zero attached hydrogens (tertiary/aromatic N) is 2. The van der Waals surface area contributed by atoms with Crippen LogP contribution >= 0.6 is 0 Å². The molecule has 0 amide bonds. The Morgan fingerprint density at radius 2 is 2.45 bits per heavy atom. The lowest BCUT2D eigenvalue weighted by Gasteiger charge is -2.31. The Morgan fingerprint density at radius 1 is 1.82 bits per heavy atom. The van der Waals surface area contributed by atoms with E-state index in [1.165, 1.54) is 0 Å². The Morgan fingerprint density at radius 3 is 2.82 bits per heavy atom. The molecule has 62 valence electrons. The highest BCUT2D eigenvalue weighted by molar-refractivity contribution is 5.81. The van der Waals surface area contributed by atoms with Crippen molar-refractivity contribution < 1.29 is 0 Å². The standard InChI is InChI=1S/C8H15N3/c1-4-5-11-7(9)10-6-8(11,2)3/h4H,1,5-6H2,2-3H3,(H2,9,10). The highest BCUT2D eigenvalue weighted by Gasteiger charge is 2.31. The molecule has 0 aromatic carbocycles. The van der Waals surface area contributed by atoms with Crippen molar-refractivity contribution in [1.29, 1.82) is 0 Å². The molecule has 0 aromatic heterocycles. The third kappa shape index (κ3) is 1.37. The summed E-state index contributed by atoms with van der Waals surface area (Å²) >= 11 is 0. The van der Waals surface area contributed by atoms with E-state index in [0.29, 0.717) is 5.96 Å². The molecule has 1 aliphatic rings. The lowest BCUT2D eigenvalue weighted by molar-refractivity contribution is 0.267. The molecule has 3 nitrogen and oxygen atoms in total. The minimum absolute atomic E-state index is 0.0677. The summed E-state index contributed by atoms with van der Waals surface area (Å²) in [6.07, 6.45) is 1.84. The van der Waals surface area contributed by atoms with E-state index in [1.54, 1.807) is 0 Å². The maximum absolute atomic E-state index is 5.67. The van der Waals surface area contributed by atoms with Gasteiger partial charge in [-0.15, -0.1) is 6.58 Å². The molecule has 0 unspecified atom stereocenters. The summed E-state index contributed by atoms with van der Waals surface area (Å²) in [5, 5.41) is 0. The predicted octanol–water partition coefficient (Wildman–Crippen LogP) is 0.581. The quantitative estimate of drug-likeness (QED) is 0.590. The first-order chi connectivity index (χ1) is 5.08. The maximum atomic E-state index is 5.67. The number of guanidine groups is 1. The van der Waals surface area contributed by atoms with Crippen LogP contribution in [0.5, 0.6) is 0 Å². The van der Waals surface area contributed by atoms with Gasteiger partial charge in [-0.05, 0) is 13.8 Å². The molecule has 3 heteroatoms. The van der Waals surface area contributed by atoms with Gasteiger partial charge in [0.1, 0.15) is 0 Å². The first-order valence-corrected chi connectivity index (χ1v) is 3.76. The van der Waals surface area contributed by atoms with Crippen LogP contribution in [0, 0.1) is 0 Å². The third-order valence-electron chi connectivity index (χ3n) is 1.95. The fourth-order valence-electron chi connectivity index (χ4n) is 1.23. The molecule has 0 radical (unpaired) electrons. The van der Waals surface area contributed by atoms with Crippen molar-refractivity contribution in [2.45, 2.75) is 19.4 Å². The summed E-state index contributed by atoms with van der Waals surface area (Å²) in [5.41, 5.74) is 5.74. The first-order valence-electron chi connectivity index (χ1n) is 3.76. The molecule has 1 rings (SSSR count). The molecule has 0 aliphatic carbocycles. The average Bonchev–Trinajstić information content (AvgIpc) is 2.16. The van der Waals surface area contributed by atoms with Crippen LogP contribution in [-0.2, 0) is 0 Å². The summed E-state index contributed by atoms with van der Waals surface area (Å²) in [6.45, 7) is 9.49. The van der Waals surface area contributed by atoms with Gasteiger partial charge in [0.25, 0.3) is 0 Å². The zero-order chi connectivity index (χ0) is 8.48. The fraction of sp³-hybridized carbons (Fsp3) is 0.625. The molecule has 1 heterocycles. The van der Waals surface area contributed by atoms with E-state index in [1.807, 2.05) is 6.08 Å². The second-order valence-electron chi connectivity index (χ2n) is 3.39. The monoisotopic (exact) mass is 153 g/mol. The van der Waals surface area contributed by atoms with Crippen LogP contribution in [0.4, 0.5) is 0 Å². The molecular weight excluding hydrogens is 138 g/mol. The normalized spacial score (nSPS) is 21.6. The number of hydrogen-bond acceptors (Lipinski definition) is 3. The maximum Gasteiger partial charge on any atom is 0.192 e. The molecule has 0 aromatic rings. The first kappa shape index (κ1) is 8.11. The Labute approximate surface area is 67.6 Å². The molecule has 1 aliphatic heterocycles. The third-order valence-corrected chi connectivity index (χ3v) is 1.95. The van der Waals surface area contributed by atoms with Crippen LogP contribution in [0.15, 0.2) is 17.6 Å². The predicted molar refractivity (Wildman–Crippen MR) is 47.5 cm³/mol. The second-order valence-corrected chi connectivity index (χ2v) is 3.39. The highest BCUT2D eigenvalue weighted by atomic mass is 15.3. The SMILES string of the molecule is C=CCN1C(N)=NCC1(C)C. The molecule has 0 saturated carbocycles. The van der Waals surface area contributed by atoms with Gasteiger partial charge < -0.3 is 10.6 Å². The van der Waals surface area contributed by atoms with Crippen molar-refractivity contribution in [1.82, 2.24) is 4.90 Å². The van der Waals surface area contributed by atoms with E-state index in [4.69, 9.17) is 5.73 Å². The Hall–Kier alpha value is -0.990. The molecule has 0 atom stereocenters. The van der Waals surface area contributed by atoms with Crippen molar-refractivity contribution in [3.8, 4) is 0 Å². The average molecular weight is 153 g/mol. The van der Waals surface area contributed by atoms with Crippen molar-refractivity contribution in [2.24, 2.45) is 10.7 Å². The molecule has 0 fully saturated rings. The van der Waals surface area contributed by atoms with Gasteiger partial charge >= 0.3 is 0 Å². The van der Waals surface area contributed by atoms with Gasteiger partial charge in [0, 0.05) is 6.54 Å². The molecule has 0 bridgehead atoms. The van der Waals surface area contributed by atoms with E-state index in [-0.39, 0.29) is 5.54 Å².